The van der Waals surface area contributed by atoms with Gasteiger partial charge in [-0.05, 0) is 18.4 Å². The SMILES string of the molecule is CCCCC(CC)C1(N)C=CC=C(F)C1. The van der Waals surface area contributed by atoms with E-state index in [1.807, 2.05) is 6.08 Å². The second-order valence-electron chi connectivity index (χ2n) is 4.51. The third-order valence-electron chi connectivity index (χ3n) is 3.32. The topological polar surface area (TPSA) is 26.0 Å². The molecule has 0 aromatic rings. The second-order valence-corrected chi connectivity index (χ2v) is 4.51. The van der Waals surface area contributed by atoms with Crippen molar-refractivity contribution < 1.29 is 4.39 Å². The molecule has 1 aliphatic rings. The quantitative estimate of drug-likeness (QED) is 0.737. The van der Waals surface area contributed by atoms with Crippen LogP contribution >= 0.6 is 0 Å². The van der Waals surface area contributed by atoms with Crippen LogP contribution in [0, 0.1) is 5.92 Å². The lowest BCUT2D eigenvalue weighted by molar-refractivity contribution is 0.278. The van der Waals surface area contributed by atoms with Crippen molar-refractivity contribution in [3.63, 3.8) is 0 Å². The highest BCUT2D eigenvalue weighted by Crippen LogP contribution is 2.33. The maximum atomic E-state index is 13.2. The van der Waals surface area contributed by atoms with Gasteiger partial charge in [0.05, 0.1) is 0 Å². The van der Waals surface area contributed by atoms with Crippen LogP contribution < -0.4 is 5.73 Å². The Labute approximate surface area is 92.2 Å². The number of halogens is 1. The highest BCUT2D eigenvalue weighted by Gasteiger charge is 2.33. The summed E-state index contributed by atoms with van der Waals surface area (Å²) in [6, 6.07) is 0. The highest BCUT2D eigenvalue weighted by atomic mass is 19.1. The van der Waals surface area contributed by atoms with Crippen LogP contribution in [0.15, 0.2) is 24.1 Å². The molecule has 15 heavy (non-hydrogen) atoms. The molecule has 86 valence electrons. The summed E-state index contributed by atoms with van der Waals surface area (Å²) >= 11 is 0. The van der Waals surface area contributed by atoms with Crippen molar-refractivity contribution >= 4 is 0 Å². The first-order valence-electron chi connectivity index (χ1n) is 5.95. The van der Waals surface area contributed by atoms with Gasteiger partial charge >= 0.3 is 0 Å². The number of rotatable bonds is 5. The molecule has 0 fully saturated rings. The summed E-state index contributed by atoms with van der Waals surface area (Å²) in [4.78, 5) is 0. The largest absolute Gasteiger partial charge is 0.321 e. The fourth-order valence-corrected chi connectivity index (χ4v) is 2.33. The van der Waals surface area contributed by atoms with Crippen LogP contribution in [0.2, 0.25) is 0 Å². The first-order valence-corrected chi connectivity index (χ1v) is 5.95. The summed E-state index contributed by atoms with van der Waals surface area (Å²) in [5.74, 6) is 0.308. The third kappa shape index (κ3) is 3.16. The number of unbranched alkanes of at least 4 members (excludes halogenated alkanes) is 1. The molecule has 1 nitrogen and oxygen atoms in total. The molecule has 0 spiro atoms. The van der Waals surface area contributed by atoms with Crippen LogP contribution in [0.5, 0.6) is 0 Å². The fourth-order valence-electron chi connectivity index (χ4n) is 2.33. The van der Waals surface area contributed by atoms with Gasteiger partial charge in [0.15, 0.2) is 0 Å². The molecule has 0 amide bonds. The minimum atomic E-state index is -0.456. The molecule has 0 saturated heterocycles. The van der Waals surface area contributed by atoms with E-state index in [0.717, 1.165) is 12.8 Å². The Morgan fingerprint density at radius 1 is 1.53 bits per heavy atom. The molecule has 0 bridgehead atoms. The number of hydrogen-bond donors (Lipinski definition) is 1. The Balaban J connectivity index is 2.66. The van der Waals surface area contributed by atoms with Crippen LogP contribution in [0.1, 0.15) is 46.0 Å². The van der Waals surface area contributed by atoms with Crippen molar-refractivity contribution in [2.45, 2.75) is 51.5 Å². The monoisotopic (exact) mass is 211 g/mol. The Kier molecular flexibility index (Phi) is 4.52. The number of hydrogen-bond acceptors (Lipinski definition) is 1. The number of nitrogens with two attached hydrogens (primary N) is 1. The van der Waals surface area contributed by atoms with Gasteiger partial charge in [0, 0.05) is 12.0 Å². The minimum absolute atomic E-state index is 0.0880. The minimum Gasteiger partial charge on any atom is -0.321 e. The summed E-state index contributed by atoms with van der Waals surface area (Å²) in [7, 11) is 0. The van der Waals surface area contributed by atoms with Crippen LogP contribution in [0.25, 0.3) is 0 Å². The molecular formula is C13H22FN. The van der Waals surface area contributed by atoms with Crippen molar-refractivity contribution in [1.29, 1.82) is 0 Å². The van der Waals surface area contributed by atoms with Crippen LogP contribution in [-0.4, -0.2) is 5.54 Å². The Morgan fingerprint density at radius 2 is 2.27 bits per heavy atom. The van der Waals surface area contributed by atoms with E-state index in [0.29, 0.717) is 12.3 Å². The van der Waals surface area contributed by atoms with E-state index in [9.17, 15) is 4.39 Å². The molecule has 2 unspecified atom stereocenters. The predicted octanol–water partition coefficient (Wildman–Crippen LogP) is 3.71. The second kappa shape index (κ2) is 5.45. The summed E-state index contributed by atoms with van der Waals surface area (Å²) in [6.07, 6.45) is 10.1. The highest BCUT2D eigenvalue weighted by molar-refractivity contribution is 5.24. The van der Waals surface area contributed by atoms with Gasteiger partial charge in [0.25, 0.3) is 0 Å². The Morgan fingerprint density at radius 3 is 2.80 bits per heavy atom. The molecule has 0 aromatic heterocycles. The summed E-state index contributed by atoms with van der Waals surface area (Å²) in [6.45, 7) is 4.31. The lowest BCUT2D eigenvalue weighted by Gasteiger charge is -2.35. The number of allylic oxidation sites excluding steroid dienone is 2. The van der Waals surface area contributed by atoms with E-state index in [-0.39, 0.29) is 5.83 Å². The molecular weight excluding hydrogens is 189 g/mol. The Bertz CT molecular complexity index is 257. The molecule has 2 N–H and O–H groups in total. The molecule has 2 heteroatoms. The first-order chi connectivity index (χ1) is 7.12. The van der Waals surface area contributed by atoms with Crippen LogP contribution in [0.4, 0.5) is 4.39 Å². The molecule has 0 radical (unpaired) electrons. The van der Waals surface area contributed by atoms with Gasteiger partial charge < -0.3 is 5.73 Å². The normalized spacial score (nSPS) is 27.6. The molecule has 0 saturated carbocycles. The van der Waals surface area contributed by atoms with Crippen molar-refractivity contribution in [3.8, 4) is 0 Å². The molecule has 1 rings (SSSR count). The van der Waals surface area contributed by atoms with Crippen LogP contribution in [0.3, 0.4) is 0 Å². The van der Waals surface area contributed by atoms with E-state index in [2.05, 4.69) is 13.8 Å². The van der Waals surface area contributed by atoms with E-state index in [1.54, 1.807) is 6.08 Å². The van der Waals surface area contributed by atoms with E-state index in [4.69, 9.17) is 5.73 Å². The lowest BCUT2D eigenvalue weighted by atomic mass is 9.75. The standard InChI is InChI=1S/C13H22FN/c1-3-5-7-11(4-2)13(15)9-6-8-12(14)10-13/h6,8-9,11H,3-5,7,10,15H2,1-2H3. The zero-order chi connectivity index (χ0) is 11.3. The van der Waals surface area contributed by atoms with Crippen molar-refractivity contribution in [1.82, 2.24) is 0 Å². The first kappa shape index (κ1) is 12.4. The predicted molar refractivity (Wildman–Crippen MR) is 63.2 cm³/mol. The average Bonchev–Trinajstić information content (AvgIpc) is 2.18. The van der Waals surface area contributed by atoms with Gasteiger partial charge in [-0.3, -0.25) is 0 Å². The third-order valence-corrected chi connectivity index (χ3v) is 3.32. The average molecular weight is 211 g/mol. The van der Waals surface area contributed by atoms with Crippen molar-refractivity contribution in [3.05, 3.63) is 24.1 Å². The van der Waals surface area contributed by atoms with Gasteiger partial charge in [0.2, 0.25) is 0 Å². The van der Waals surface area contributed by atoms with E-state index >= 15 is 0 Å². The van der Waals surface area contributed by atoms with Gasteiger partial charge in [-0.2, -0.15) is 0 Å². The van der Waals surface area contributed by atoms with Crippen molar-refractivity contribution in [2.75, 3.05) is 0 Å². The van der Waals surface area contributed by atoms with Gasteiger partial charge in [-0.15, -0.1) is 0 Å². The zero-order valence-corrected chi connectivity index (χ0v) is 9.80. The van der Waals surface area contributed by atoms with Gasteiger partial charge in [-0.25, -0.2) is 4.39 Å². The smallest absolute Gasteiger partial charge is 0.102 e. The Hall–Kier alpha value is -0.630. The van der Waals surface area contributed by atoms with E-state index in [1.165, 1.54) is 18.9 Å². The maximum Gasteiger partial charge on any atom is 0.102 e. The molecule has 0 aliphatic heterocycles. The van der Waals surface area contributed by atoms with Crippen molar-refractivity contribution in [2.24, 2.45) is 11.7 Å². The van der Waals surface area contributed by atoms with Gasteiger partial charge in [-0.1, -0.05) is 45.3 Å². The van der Waals surface area contributed by atoms with Gasteiger partial charge in [0.1, 0.15) is 5.83 Å². The van der Waals surface area contributed by atoms with E-state index < -0.39 is 5.54 Å². The molecule has 2 atom stereocenters. The summed E-state index contributed by atoms with van der Waals surface area (Å²) in [5, 5.41) is 0. The summed E-state index contributed by atoms with van der Waals surface area (Å²) in [5.41, 5.74) is 5.82. The fraction of sp³-hybridized carbons (Fsp3) is 0.692. The zero-order valence-electron chi connectivity index (χ0n) is 9.80. The molecule has 1 aliphatic carbocycles. The molecule has 0 aromatic carbocycles. The van der Waals surface area contributed by atoms with Crippen LogP contribution in [-0.2, 0) is 0 Å². The maximum absolute atomic E-state index is 13.2. The molecule has 0 heterocycles. The lowest BCUT2D eigenvalue weighted by Crippen LogP contribution is -2.46. The summed E-state index contributed by atoms with van der Waals surface area (Å²) < 4.78 is 13.2.